The van der Waals surface area contributed by atoms with Crippen LogP contribution in [0.15, 0.2) is 60.7 Å². The summed E-state index contributed by atoms with van der Waals surface area (Å²) < 4.78 is 1.86. The van der Waals surface area contributed by atoms with Crippen molar-refractivity contribution in [2.24, 2.45) is 0 Å². The summed E-state index contributed by atoms with van der Waals surface area (Å²) in [5.74, 6) is -0.204. The third kappa shape index (κ3) is 4.26. The van der Waals surface area contributed by atoms with Gasteiger partial charge in [-0.05, 0) is 30.3 Å². The molecular weight excluding hydrogens is 338 g/mol. The average molecular weight is 356 g/mol. The zero-order valence-corrected chi connectivity index (χ0v) is 14.3. The van der Waals surface area contributed by atoms with Crippen LogP contribution in [0.1, 0.15) is 12.1 Å². The molecular formula is C19H18ClN3O2. The highest BCUT2D eigenvalue weighted by molar-refractivity contribution is 6.30. The van der Waals surface area contributed by atoms with Gasteiger partial charge in [-0.15, -0.1) is 0 Å². The molecule has 0 bridgehead atoms. The summed E-state index contributed by atoms with van der Waals surface area (Å²) in [6.45, 7) is -0.354. The lowest BCUT2D eigenvalue weighted by molar-refractivity contribution is -0.122. The van der Waals surface area contributed by atoms with Crippen LogP contribution in [0.25, 0.3) is 16.9 Å². The van der Waals surface area contributed by atoms with E-state index in [1.54, 1.807) is 0 Å². The number of aromatic nitrogens is 2. The maximum absolute atomic E-state index is 11.6. The van der Waals surface area contributed by atoms with E-state index in [-0.39, 0.29) is 19.1 Å². The molecule has 0 aliphatic rings. The Morgan fingerprint density at radius 3 is 2.52 bits per heavy atom. The number of carbonyl (C=O) groups excluding carboxylic acids is 1. The van der Waals surface area contributed by atoms with E-state index in [0.29, 0.717) is 11.4 Å². The van der Waals surface area contributed by atoms with Crippen LogP contribution >= 0.6 is 11.6 Å². The summed E-state index contributed by atoms with van der Waals surface area (Å²) in [4.78, 5) is 11.6. The molecule has 25 heavy (non-hydrogen) atoms. The molecule has 3 aromatic rings. The number of hydrogen-bond acceptors (Lipinski definition) is 3. The lowest BCUT2D eigenvalue weighted by Crippen LogP contribution is -2.24. The molecule has 6 heteroatoms. The van der Waals surface area contributed by atoms with Gasteiger partial charge in [0, 0.05) is 23.4 Å². The molecule has 0 fully saturated rings. The number of rotatable bonds is 6. The molecule has 3 rings (SSSR count). The largest absolute Gasteiger partial charge is 0.377 e. The van der Waals surface area contributed by atoms with Crippen molar-refractivity contribution in [1.82, 2.24) is 15.1 Å². The summed E-state index contributed by atoms with van der Waals surface area (Å²) in [6, 6.07) is 19.4. The number of aliphatic hydroxyl groups is 1. The van der Waals surface area contributed by atoms with E-state index < -0.39 is 0 Å². The fraction of sp³-hybridized carbons (Fsp3) is 0.158. The number of aryl methyl sites for hydroxylation is 1. The van der Waals surface area contributed by atoms with Gasteiger partial charge in [-0.2, -0.15) is 5.10 Å². The van der Waals surface area contributed by atoms with Crippen LogP contribution in [0.3, 0.4) is 0 Å². The minimum Gasteiger partial charge on any atom is -0.377 e. The first-order valence-electron chi connectivity index (χ1n) is 7.95. The van der Waals surface area contributed by atoms with Gasteiger partial charge in [0.15, 0.2) is 0 Å². The SMILES string of the molecule is O=C(CCc1cc(-c2ccc(Cl)cc2)n(-c2ccccc2)n1)NCO. The van der Waals surface area contributed by atoms with Crippen LogP contribution in [0.4, 0.5) is 0 Å². The van der Waals surface area contributed by atoms with E-state index >= 15 is 0 Å². The predicted octanol–water partition coefficient (Wildman–Crippen LogP) is 3.19. The highest BCUT2D eigenvalue weighted by Crippen LogP contribution is 2.26. The summed E-state index contributed by atoms with van der Waals surface area (Å²) >= 11 is 5.99. The Labute approximate surface area is 150 Å². The molecule has 0 atom stereocenters. The second kappa shape index (κ2) is 7.96. The van der Waals surface area contributed by atoms with Gasteiger partial charge in [-0.25, -0.2) is 4.68 Å². The lowest BCUT2D eigenvalue weighted by Gasteiger charge is -2.07. The third-order valence-electron chi connectivity index (χ3n) is 3.79. The maximum atomic E-state index is 11.6. The molecule has 1 heterocycles. The minimum absolute atomic E-state index is 0.204. The van der Waals surface area contributed by atoms with E-state index in [0.717, 1.165) is 22.6 Å². The molecule has 0 saturated carbocycles. The Balaban J connectivity index is 1.94. The molecule has 0 radical (unpaired) electrons. The van der Waals surface area contributed by atoms with Crippen molar-refractivity contribution in [2.75, 3.05) is 6.73 Å². The molecule has 128 valence electrons. The number of halogens is 1. The van der Waals surface area contributed by atoms with Gasteiger partial charge in [0.05, 0.1) is 17.1 Å². The first-order chi connectivity index (χ1) is 12.2. The fourth-order valence-electron chi connectivity index (χ4n) is 2.56. The Hall–Kier alpha value is -2.63. The van der Waals surface area contributed by atoms with Gasteiger partial charge >= 0.3 is 0 Å². The van der Waals surface area contributed by atoms with Crippen LogP contribution in [0.5, 0.6) is 0 Å². The molecule has 0 unspecified atom stereocenters. The number of benzene rings is 2. The quantitative estimate of drug-likeness (QED) is 0.667. The molecule has 2 aromatic carbocycles. The number of aliphatic hydroxyl groups excluding tert-OH is 1. The van der Waals surface area contributed by atoms with Gasteiger partial charge in [-0.3, -0.25) is 4.79 Å². The van der Waals surface area contributed by atoms with Crippen LogP contribution < -0.4 is 5.32 Å². The standard InChI is InChI=1S/C19H18ClN3O2/c20-15-8-6-14(7-9-15)18-12-16(10-11-19(25)21-13-24)22-23(18)17-4-2-1-3-5-17/h1-9,12,24H,10-11,13H2,(H,21,25). The molecule has 1 aromatic heterocycles. The summed E-state index contributed by atoms with van der Waals surface area (Å²) in [5, 5.41) is 16.4. The summed E-state index contributed by atoms with van der Waals surface area (Å²) in [7, 11) is 0. The average Bonchev–Trinajstić information content (AvgIpc) is 3.06. The highest BCUT2D eigenvalue weighted by atomic mass is 35.5. The van der Waals surface area contributed by atoms with E-state index in [2.05, 4.69) is 10.4 Å². The van der Waals surface area contributed by atoms with Crippen LogP contribution in [-0.4, -0.2) is 27.5 Å². The molecule has 0 spiro atoms. The van der Waals surface area contributed by atoms with Crippen molar-refractivity contribution >= 4 is 17.5 Å². The van der Waals surface area contributed by atoms with Crippen molar-refractivity contribution in [3.05, 3.63) is 71.4 Å². The third-order valence-corrected chi connectivity index (χ3v) is 4.04. The van der Waals surface area contributed by atoms with Gasteiger partial charge < -0.3 is 10.4 Å². The summed E-state index contributed by atoms with van der Waals surface area (Å²) in [5.41, 5.74) is 3.67. The molecule has 0 aliphatic carbocycles. The van der Waals surface area contributed by atoms with Crippen molar-refractivity contribution < 1.29 is 9.90 Å². The Bertz CT molecular complexity index is 845. The molecule has 1 amide bonds. The van der Waals surface area contributed by atoms with Gasteiger partial charge in [0.25, 0.3) is 0 Å². The lowest BCUT2D eigenvalue weighted by atomic mass is 10.1. The van der Waals surface area contributed by atoms with Gasteiger partial charge in [0.1, 0.15) is 6.73 Å². The summed E-state index contributed by atoms with van der Waals surface area (Å²) in [6.07, 6.45) is 0.763. The second-order valence-corrected chi connectivity index (χ2v) is 5.97. The van der Waals surface area contributed by atoms with Crippen LogP contribution in [0.2, 0.25) is 5.02 Å². The monoisotopic (exact) mass is 355 g/mol. The van der Waals surface area contributed by atoms with Crippen molar-refractivity contribution in [1.29, 1.82) is 0 Å². The number of amides is 1. The first kappa shape index (κ1) is 17.2. The zero-order valence-electron chi connectivity index (χ0n) is 13.5. The van der Waals surface area contributed by atoms with E-state index in [1.807, 2.05) is 65.3 Å². The molecule has 5 nitrogen and oxygen atoms in total. The zero-order chi connectivity index (χ0) is 17.6. The fourth-order valence-corrected chi connectivity index (χ4v) is 2.69. The van der Waals surface area contributed by atoms with Crippen LogP contribution in [-0.2, 0) is 11.2 Å². The van der Waals surface area contributed by atoms with E-state index in [9.17, 15) is 4.79 Å². The van der Waals surface area contributed by atoms with E-state index in [4.69, 9.17) is 16.7 Å². The topological polar surface area (TPSA) is 67.2 Å². The van der Waals surface area contributed by atoms with Crippen molar-refractivity contribution in [3.63, 3.8) is 0 Å². The number of carbonyl (C=O) groups is 1. The molecule has 0 aliphatic heterocycles. The molecule has 2 N–H and O–H groups in total. The smallest absolute Gasteiger partial charge is 0.222 e. The van der Waals surface area contributed by atoms with E-state index in [1.165, 1.54) is 0 Å². The number of nitrogens with zero attached hydrogens (tertiary/aromatic N) is 2. The first-order valence-corrected chi connectivity index (χ1v) is 8.33. The van der Waals surface area contributed by atoms with Gasteiger partial charge in [0.2, 0.25) is 5.91 Å². The normalized spacial score (nSPS) is 10.6. The number of nitrogens with one attached hydrogen (secondary N) is 1. The Morgan fingerprint density at radius 2 is 1.84 bits per heavy atom. The Kier molecular flexibility index (Phi) is 5.48. The minimum atomic E-state index is -0.354. The maximum Gasteiger partial charge on any atom is 0.222 e. The number of para-hydroxylation sites is 1. The highest BCUT2D eigenvalue weighted by Gasteiger charge is 2.13. The second-order valence-electron chi connectivity index (χ2n) is 5.53. The van der Waals surface area contributed by atoms with Crippen molar-refractivity contribution in [3.8, 4) is 16.9 Å². The number of hydrogen-bond donors (Lipinski definition) is 2. The molecule has 0 saturated heterocycles. The van der Waals surface area contributed by atoms with Gasteiger partial charge in [-0.1, -0.05) is 41.9 Å². The predicted molar refractivity (Wildman–Crippen MR) is 97.6 cm³/mol. The van der Waals surface area contributed by atoms with Crippen LogP contribution in [0, 0.1) is 0 Å². The van der Waals surface area contributed by atoms with Crippen molar-refractivity contribution in [2.45, 2.75) is 12.8 Å². The Morgan fingerprint density at radius 1 is 1.12 bits per heavy atom.